The highest BCUT2D eigenvalue weighted by atomic mass is 32.2. The van der Waals surface area contributed by atoms with Gasteiger partial charge >= 0.3 is 5.97 Å². The number of methoxy groups -OCH3 is 1. The second-order valence-electron chi connectivity index (χ2n) is 4.41. The predicted octanol–water partition coefficient (Wildman–Crippen LogP) is 1.51. The van der Waals surface area contributed by atoms with Gasteiger partial charge in [0.25, 0.3) is 0 Å². The Hall–Kier alpha value is -1.96. The molecule has 2 rings (SSSR count). The van der Waals surface area contributed by atoms with Gasteiger partial charge in [-0.2, -0.15) is 0 Å². The molecule has 1 aromatic rings. The van der Waals surface area contributed by atoms with E-state index in [0.717, 1.165) is 19.2 Å². The summed E-state index contributed by atoms with van der Waals surface area (Å²) < 4.78 is 56.1. The van der Waals surface area contributed by atoms with Gasteiger partial charge in [-0.25, -0.2) is 22.0 Å². The van der Waals surface area contributed by atoms with E-state index in [2.05, 4.69) is 10.1 Å². The molecule has 0 saturated carbocycles. The van der Waals surface area contributed by atoms with Crippen molar-refractivity contribution < 1.29 is 26.7 Å². The van der Waals surface area contributed by atoms with E-state index in [-0.39, 0.29) is 5.70 Å². The highest BCUT2D eigenvalue weighted by molar-refractivity contribution is 7.96. The quantitative estimate of drug-likeness (QED) is 0.520. The third-order valence-electron chi connectivity index (χ3n) is 3.04. The molecule has 0 aromatic heterocycles. The van der Waals surface area contributed by atoms with Crippen molar-refractivity contribution in [3.05, 3.63) is 40.4 Å². The van der Waals surface area contributed by atoms with Crippen LogP contribution in [0.25, 0.3) is 0 Å². The molecule has 1 fully saturated rings. The zero-order chi connectivity index (χ0) is 15.6. The number of esters is 1. The molecule has 1 aliphatic heterocycles. The molecule has 0 bridgehead atoms. The Morgan fingerprint density at radius 2 is 2.05 bits per heavy atom. The van der Waals surface area contributed by atoms with E-state index in [1.54, 1.807) is 0 Å². The number of sulfone groups is 1. The summed E-state index contributed by atoms with van der Waals surface area (Å²) in [5.41, 5.74) is 0.186. The lowest BCUT2D eigenvalue weighted by atomic mass is 10.3. The van der Waals surface area contributed by atoms with Crippen LogP contribution in [0.15, 0.2) is 33.7 Å². The molecule has 21 heavy (non-hydrogen) atoms. The number of ether oxygens (including phenoxy) is 1. The fraction of sp³-hybridized carbons (Fsp3) is 0.308. The summed E-state index contributed by atoms with van der Waals surface area (Å²) in [7, 11) is -3.41. The Morgan fingerprint density at radius 3 is 2.57 bits per heavy atom. The molecule has 0 unspecified atom stereocenters. The van der Waals surface area contributed by atoms with Crippen molar-refractivity contribution in [2.45, 2.75) is 17.7 Å². The molecule has 0 amide bonds. The molecule has 1 aromatic carbocycles. The molecule has 1 heterocycles. The van der Waals surface area contributed by atoms with Crippen LogP contribution < -0.4 is 5.32 Å². The number of allylic oxidation sites excluding steroid dienone is 1. The van der Waals surface area contributed by atoms with Crippen LogP contribution in [0.2, 0.25) is 0 Å². The molecule has 0 radical (unpaired) electrons. The third-order valence-corrected chi connectivity index (χ3v) is 4.90. The van der Waals surface area contributed by atoms with Crippen molar-refractivity contribution in [2.24, 2.45) is 0 Å². The monoisotopic (exact) mass is 317 g/mol. The fourth-order valence-corrected chi connectivity index (χ4v) is 3.66. The van der Waals surface area contributed by atoms with Crippen molar-refractivity contribution in [3.63, 3.8) is 0 Å². The smallest absolute Gasteiger partial charge is 0.351 e. The van der Waals surface area contributed by atoms with Gasteiger partial charge in [-0.05, 0) is 25.0 Å². The third kappa shape index (κ3) is 2.90. The summed E-state index contributed by atoms with van der Waals surface area (Å²) in [6, 6.07) is 2.06. The van der Waals surface area contributed by atoms with Crippen LogP contribution in [0, 0.1) is 11.6 Å². The lowest BCUT2D eigenvalue weighted by molar-refractivity contribution is -0.135. The van der Waals surface area contributed by atoms with Gasteiger partial charge in [0.2, 0.25) is 9.84 Å². The number of carbonyl (C=O) groups is 1. The Kier molecular flexibility index (Phi) is 4.26. The van der Waals surface area contributed by atoms with Crippen LogP contribution in [-0.2, 0) is 19.4 Å². The van der Waals surface area contributed by atoms with Crippen LogP contribution in [0.1, 0.15) is 12.8 Å². The molecule has 0 atom stereocenters. The summed E-state index contributed by atoms with van der Waals surface area (Å²) in [6.07, 6.45) is 0.990. The SMILES string of the molecule is COC(=O)/C(=C1/CCCN1)S(=O)(=O)c1ccc(F)cc1F. The summed E-state index contributed by atoms with van der Waals surface area (Å²) in [4.78, 5) is 10.4. The van der Waals surface area contributed by atoms with Crippen LogP contribution >= 0.6 is 0 Å². The molecule has 0 spiro atoms. The van der Waals surface area contributed by atoms with Gasteiger partial charge in [-0.15, -0.1) is 0 Å². The van der Waals surface area contributed by atoms with Gasteiger partial charge in [0.15, 0.2) is 4.91 Å². The van der Waals surface area contributed by atoms with E-state index in [0.29, 0.717) is 25.5 Å². The topological polar surface area (TPSA) is 72.5 Å². The van der Waals surface area contributed by atoms with Gasteiger partial charge in [0.05, 0.1) is 7.11 Å². The summed E-state index contributed by atoms with van der Waals surface area (Å²) >= 11 is 0. The minimum absolute atomic E-state index is 0.186. The standard InChI is InChI=1S/C13H13F2NO4S/c1-20-13(17)12(10-3-2-6-16-10)21(18,19)11-5-4-8(14)7-9(11)15/h4-5,7,16H,2-3,6H2,1H3/b12-10+. The molecule has 114 valence electrons. The van der Waals surface area contributed by atoms with Gasteiger partial charge in [0.1, 0.15) is 16.5 Å². The first-order valence-electron chi connectivity index (χ1n) is 6.13. The van der Waals surface area contributed by atoms with Crippen LogP contribution in [0.3, 0.4) is 0 Å². The molecule has 1 N–H and O–H groups in total. The van der Waals surface area contributed by atoms with Crippen LogP contribution in [-0.4, -0.2) is 28.0 Å². The average Bonchev–Trinajstić information content (AvgIpc) is 2.91. The van der Waals surface area contributed by atoms with E-state index in [1.165, 1.54) is 0 Å². The molecule has 1 saturated heterocycles. The van der Waals surface area contributed by atoms with Gasteiger partial charge in [-0.3, -0.25) is 0 Å². The number of rotatable bonds is 3. The number of benzene rings is 1. The largest absolute Gasteiger partial charge is 0.465 e. The number of carbonyl (C=O) groups excluding carboxylic acids is 1. The van der Waals surface area contributed by atoms with Crippen molar-refractivity contribution in [1.29, 1.82) is 0 Å². The number of nitrogens with one attached hydrogen (secondary N) is 1. The number of hydrogen-bond acceptors (Lipinski definition) is 5. The minimum atomic E-state index is -4.44. The van der Waals surface area contributed by atoms with Crippen molar-refractivity contribution in [2.75, 3.05) is 13.7 Å². The Labute approximate surface area is 120 Å². The molecule has 0 aliphatic carbocycles. The molecule has 1 aliphatic rings. The lowest BCUT2D eigenvalue weighted by Gasteiger charge is -2.11. The normalized spacial score (nSPS) is 17.3. The number of halogens is 2. The predicted molar refractivity (Wildman–Crippen MR) is 69.8 cm³/mol. The van der Waals surface area contributed by atoms with E-state index >= 15 is 0 Å². The maximum absolute atomic E-state index is 13.7. The average molecular weight is 317 g/mol. The lowest BCUT2D eigenvalue weighted by Crippen LogP contribution is -2.22. The molecule has 5 nitrogen and oxygen atoms in total. The molecule has 8 heteroatoms. The highest BCUT2D eigenvalue weighted by Crippen LogP contribution is 2.28. The van der Waals surface area contributed by atoms with Crippen molar-refractivity contribution >= 4 is 15.8 Å². The van der Waals surface area contributed by atoms with Crippen LogP contribution in [0.4, 0.5) is 8.78 Å². The van der Waals surface area contributed by atoms with Crippen molar-refractivity contribution in [1.82, 2.24) is 5.32 Å². The number of hydrogen-bond donors (Lipinski definition) is 1. The van der Waals surface area contributed by atoms with Gasteiger partial charge in [0, 0.05) is 18.3 Å². The van der Waals surface area contributed by atoms with Gasteiger partial charge < -0.3 is 10.1 Å². The summed E-state index contributed by atoms with van der Waals surface area (Å²) in [5.74, 6) is -3.24. The Morgan fingerprint density at radius 1 is 1.33 bits per heavy atom. The minimum Gasteiger partial charge on any atom is -0.465 e. The first-order chi connectivity index (χ1) is 9.87. The first kappa shape index (κ1) is 15.4. The van der Waals surface area contributed by atoms with E-state index < -0.39 is 37.2 Å². The Bertz CT molecular complexity index is 705. The van der Waals surface area contributed by atoms with E-state index in [1.807, 2.05) is 0 Å². The zero-order valence-corrected chi connectivity index (χ0v) is 12.0. The highest BCUT2D eigenvalue weighted by Gasteiger charge is 2.34. The first-order valence-corrected chi connectivity index (χ1v) is 7.61. The molecular formula is C13H13F2NO4S. The zero-order valence-electron chi connectivity index (χ0n) is 11.2. The maximum Gasteiger partial charge on any atom is 0.351 e. The van der Waals surface area contributed by atoms with Gasteiger partial charge in [-0.1, -0.05) is 0 Å². The Balaban J connectivity index is 2.63. The second-order valence-corrected chi connectivity index (χ2v) is 6.26. The summed E-state index contributed by atoms with van der Waals surface area (Å²) in [6.45, 7) is 0.511. The molecular weight excluding hydrogens is 304 g/mol. The van der Waals surface area contributed by atoms with Crippen LogP contribution in [0.5, 0.6) is 0 Å². The summed E-state index contributed by atoms with van der Waals surface area (Å²) in [5, 5.41) is 2.78. The van der Waals surface area contributed by atoms with Crippen molar-refractivity contribution in [3.8, 4) is 0 Å². The van der Waals surface area contributed by atoms with E-state index in [9.17, 15) is 22.0 Å². The van der Waals surface area contributed by atoms with E-state index in [4.69, 9.17) is 0 Å². The second kappa shape index (κ2) is 5.80. The maximum atomic E-state index is 13.7. The fourth-order valence-electron chi connectivity index (χ4n) is 2.08.